The van der Waals surface area contributed by atoms with E-state index in [9.17, 15) is 0 Å². The van der Waals surface area contributed by atoms with Gasteiger partial charge in [-0.25, -0.2) is 0 Å². The molecule has 0 bridgehead atoms. The van der Waals surface area contributed by atoms with Crippen LogP contribution in [0.1, 0.15) is 23.6 Å². The maximum Gasteiger partial charge on any atom is 0.101 e. The first-order valence-corrected chi connectivity index (χ1v) is 3.75. The van der Waals surface area contributed by atoms with Crippen molar-refractivity contribution in [2.24, 2.45) is 5.73 Å². The highest BCUT2D eigenvalue weighted by Gasteiger charge is 2.05. The molecule has 64 valence electrons. The number of hydrogen-bond acceptors (Lipinski definition) is 4. The molecule has 0 spiro atoms. The van der Waals surface area contributed by atoms with Crippen molar-refractivity contribution < 1.29 is 0 Å². The van der Waals surface area contributed by atoms with Crippen molar-refractivity contribution in [1.82, 2.24) is 4.98 Å². The van der Waals surface area contributed by atoms with Gasteiger partial charge < -0.3 is 5.73 Å². The Morgan fingerprint density at radius 3 is 2.85 bits per heavy atom. The Morgan fingerprint density at radius 1 is 1.46 bits per heavy atom. The summed E-state index contributed by atoms with van der Waals surface area (Å²) in [5, 5.41) is 17.0. The molecule has 4 nitrogen and oxygen atoms in total. The minimum Gasteiger partial charge on any atom is -0.323 e. The second-order valence-electron chi connectivity index (χ2n) is 2.59. The quantitative estimate of drug-likeness (QED) is 0.716. The van der Waals surface area contributed by atoms with Crippen LogP contribution in [-0.2, 0) is 0 Å². The fraction of sp³-hybridized carbons (Fsp3) is 0.222. The zero-order chi connectivity index (χ0) is 9.68. The maximum absolute atomic E-state index is 8.58. The summed E-state index contributed by atoms with van der Waals surface area (Å²) in [6.07, 6.45) is 3.27. The molecule has 1 aromatic heterocycles. The smallest absolute Gasteiger partial charge is 0.101 e. The molecule has 0 radical (unpaired) electrons. The van der Waals surface area contributed by atoms with Gasteiger partial charge in [0.05, 0.1) is 18.1 Å². The third kappa shape index (κ3) is 2.26. The number of aromatic nitrogens is 1. The van der Waals surface area contributed by atoms with Crippen molar-refractivity contribution in [1.29, 1.82) is 10.5 Å². The second kappa shape index (κ2) is 4.20. The Balaban J connectivity index is 2.91. The van der Waals surface area contributed by atoms with E-state index >= 15 is 0 Å². The molecule has 1 heterocycles. The third-order valence-corrected chi connectivity index (χ3v) is 1.63. The van der Waals surface area contributed by atoms with Crippen molar-refractivity contribution in [2.45, 2.75) is 12.5 Å². The Bertz CT molecular complexity index is 372. The van der Waals surface area contributed by atoms with Crippen LogP contribution in [0.15, 0.2) is 18.5 Å². The SMILES string of the molecule is N#CC[C@@H](N)c1cncc(C#N)c1. The monoisotopic (exact) mass is 172 g/mol. The van der Waals surface area contributed by atoms with Gasteiger partial charge in [-0.2, -0.15) is 10.5 Å². The number of pyridine rings is 1. The minimum absolute atomic E-state index is 0.233. The van der Waals surface area contributed by atoms with Crippen LogP contribution in [0.3, 0.4) is 0 Å². The number of nitrogens with two attached hydrogens (primary N) is 1. The van der Waals surface area contributed by atoms with E-state index in [4.69, 9.17) is 16.3 Å². The van der Waals surface area contributed by atoms with E-state index in [-0.39, 0.29) is 12.5 Å². The molecule has 0 aliphatic carbocycles. The molecule has 0 saturated heterocycles. The first kappa shape index (κ1) is 9.18. The van der Waals surface area contributed by atoms with E-state index < -0.39 is 0 Å². The van der Waals surface area contributed by atoms with Crippen molar-refractivity contribution in [3.63, 3.8) is 0 Å². The van der Waals surface area contributed by atoms with Crippen molar-refractivity contribution >= 4 is 0 Å². The van der Waals surface area contributed by atoms with Crippen LogP contribution in [0, 0.1) is 22.7 Å². The summed E-state index contributed by atoms with van der Waals surface area (Å²) in [5.41, 5.74) is 6.84. The summed E-state index contributed by atoms with van der Waals surface area (Å²) in [6, 6.07) is 5.22. The molecule has 4 heteroatoms. The van der Waals surface area contributed by atoms with Crippen molar-refractivity contribution in [3.8, 4) is 12.1 Å². The molecular weight excluding hydrogens is 164 g/mol. The standard InChI is InChI=1S/C9H8N4/c10-2-1-9(12)8-3-7(4-11)5-13-6-8/h3,5-6,9H,1,12H2/t9-/m1/s1. The molecular formula is C9H8N4. The summed E-state index contributed by atoms with van der Waals surface area (Å²) < 4.78 is 0. The number of hydrogen-bond donors (Lipinski definition) is 1. The zero-order valence-corrected chi connectivity index (χ0v) is 6.94. The highest BCUT2D eigenvalue weighted by atomic mass is 14.7. The Hall–Kier alpha value is -1.91. The third-order valence-electron chi connectivity index (χ3n) is 1.63. The molecule has 1 atom stereocenters. The molecule has 2 N–H and O–H groups in total. The van der Waals surface area contributed by atoms with Gasteiger partial charge in [0, 0.05) is 18.4 Å². The van der Waals surface area contributed by atoms with Crippen molar-refractivity contribution in [3.05, 3.63) is 29.6 Å². The fourth-order valence-electron chi connectivity index (χ4n) is 0.938. The van der Waals surface area contributed by atoms with Gasteiger partial charge in [-0.15, -0.1) is 0 Å². The van der Waals surface area contributed by atoms with Crippen LogP contribution in [0.25, 0.3) is 0 Å². The van der Waals surface area contributed by atoms with Crippen LogP contribution in [0.5, 0.6) is 0 Å². The maximum atomic E-state index is 8.58. The Morgan fingerprint density at radius 2 is 2.23 bits per heavy atom. The van der Waals surface area contributed by atoms with Gasteiger partial charge >= 0.3 is 0 Å². The summed E-state index contributed by atoms with van der Waals surface area (Å²) in [7, 11) is 0. The van der Waals surface area contributed by atoms with Gasteiger partial charge in [0.2, 0.25) is 0 Å². The van der Waals surface area contributed by atoms with Gasteiger partial charge in [-0.1, -0.05) is 0 Å². The minimum atomic E-state index is -0.356. The van der Waals surface area contributed by atoms with Crippen LogP contribution < -0.4 is 5.73 Å². The lowest BCUT2D eigenvalue weighted by atomic mass is 10.1. The lowest BCUT2D eigenvalue weighted by molar-refractivity contribution is 0.743. The molecule has 0 aliphatic heterocycles. The number of nitriles is 2. The van der Waals surface area contributed by atoms with E-state index in [2.05, 4.69) is 4.98 Å². The molecule has 0 aromatic carbocycles. The van der Waals surface area contributed by atoms with Crippen LogP contribution >= 0.6 is 0 Å². The first-order valence-electron chi connectivity index (χ1n) is 3.75. The van der Waals surface area contributed by atoms with E-state index in [1.165, 1.54) is 6.20 Å². The van der Waals surface area contributed by atoms with E-state index in [0.717, 1.165) is 5.56 Å². The molecule has 0 fully saturated rings. The number of nitrogens with zero attached hydrogens (tertiary/aromatic N) is 3. The van der Waals surface area contributed by atoms with E-state index in [1.54, 1.807) is 12.3 Å². The highest BCUT2D eigenvalue weighted by Crippen LogP contribution is 2.12. The van der Waals surface area contributed by atoms with Crippen molar-refractivity contribution in [2.75, 3.05) is 0 Å². The summed E-state index contributed by atoms with van der Waals surface area (Å²) in [4.78, 5) is 3.85. The second-order valence-corrected chi connectivity index (χ2v) is 2.59. The first-order chi connectivity index (χ1) is 6.27. The lowest BCUT2D eigenvalue weighted by Gasteiger charge is -2.06. The average Bonchev–Trinajstić information content (AvgIpc) is 2.18. The summed E-state index contributed by atoms with van der Waals surface area (Å²) >= 11 is 0. The predicted octanol–water partition coefficient (Wildman–Crippen LogP) is 0.867. The number of rotatable bonds is 2. The van der Waals surface area contributed by atoms with E-state index in [0.29, 0.717) is 5.56 Å². The average molecular weight is 172 g/mol. The Kier molecular flexibility index (Phi) is 2.97. The normalized spacial score (nSPS) is 11.3. The van der Waals surface area contributed by atoms with E-state index in [1.807, 2.05) is 12.1 Å². The van der Waals surface area contributed by atoms with Crippen LogP contribution in [0.2, 0.25) is 0 Å². The molecule has 0 aliphatic rings. The highest BCUT2D eigenvalue weighted by molar-refractivity contribution is 5.30. The van der Waals surface area contributed by atoms with Crippen LogP contribution in [-0.4, -0.2) is 4.98 Å². The predicted molar refractivity (Wildman–Crippen MR) is 46.1 cm³/mol. The lowest BCUT2D eigenvalue weighted by Crippen LogP contribution is -2.09. The Labute approximate surface area is 76.2 Å². The fourth-order valence-corrected chi connectivity index (χ4v) is 0.938. The van der Waals surface area contributed by atoms with Gasteiger partial charge in [0.1, 0.15) is 6.07 Å². The molecule has 1 rings (SSSR count). The van der Waals surface area contributed by atoms with Gasteiger partial charge in [-0.3, -0.25) is 4.98 Å². The summed E-state index contributed by atoms with van der Waals surface area (Å²) in [6.45, 7) is 0. The topological polar surface area (TPSA) is 86.5 Å². The van der Waals surface area contributed by atoms with Gasteiger partial charge in [0.15, 0.2) is 0 Å². The summed E-state index contributed by atoms with van der Waals surface area (Å²) in [5.74, 6) is 0. The van der Waals surface area contributed by atoms with Crippen LogP contribution in [0.4, 0.5) is 0 Å². The molecule has 1 aromatic rings. The molecule has 0 amide bonds. The molecule has 0 saturated carbocycles. The van der Waals surface area contributed by atoms with Gasteiger partial charge in [0.25, 0.3) is 0 Å². The zero-order valence-electron chi connectivity index (χ0n) is 6.94. The largest absolute Gasteiger partial charge is 0.323 e. The van der Waals surface area contributed by atoms with Gasteiger partial charge in [-0.05, 0) is 11.6 Å². The molecule has 0 unspecified atom stereocenters. The molecule has 13 heavy (non-hydrogen) atoms.